The van der Waals surface area contributed by atoms with Gasteiger partial charge in [-0.15, -0.1) is 10.2 Å². The van der Waals surface area contributed by atoms with E-state index in [1.54, 1.807) is 44.4 Å². The zero-order valence-corrected chi connectivity index (χ0v) is 20.0. The maximum atomic E-state index is 13.7. The van der Waals surface area contributed by atoms with Crippen LogP contribution in [0.1, 0.15) is 58.2 Å². The highest BCUT2D eigenvalue weighted by Crippen LogP contribution is 2.44. The molecule has 2 atom stereocenters. The number of fused-ring (bicyclic) bond motifs is 1. The lowest BCUT2D eigenvalue weighted by Crippen LogP contribution is -2.44. The first-order valence-corrected chi connectivity index (χ1v) is 11.4. The van der Waals surface area contributed by atoms with Crippen LogP contribution in [-0.4, -0.2) is 48.2 Å². The number of nitrogens with zero attached hydrogens (tertiary/aromatic N) is 3. The standard InChI is InChI=1S/C24H26N4O4S/c1-13(2)22-26-27-24(33-22)25-21(29)19-15-8-6-7-9-16(15)23(30)28(3)20(19)14-10-11-17(31-4)18(12-14)32-5/h6-13,19-20H,1-5H3,(H,25,27,29). The molecule has 172 valence electrons. The number of anilines is 1. The highest BCUT2D eigenvalue weighted by molar-refractivity contribution is 7.15. The molecule has 0 saturated carbocycles. The molecule has 2 amide bonds. The number of rotatable bonds is 6. The molecule has 0 bridgehead atoms. The van der Waals surface area contributed by atoms with E-state index in [0.717, 1.165) is 10.6 Å². The lowest BCUT2D eigenvalue weighted by Gasteiger charge is -2.39. The van der Waals surface area contributed by atoms with Gasteiger partial charge in [0.25, 0.3) is 5.91 Å². The van der Waals surface area contributed by atoms with Gasteiger partial charge in [0, 0.05) is 18.5 Å². The van der Waals surface area contributed by atoms with Crippen molar-refractivity contribution in [3.8, 4) is 11.5 Å². The zero-order chi connectivity index (χ0) is 23.7. The molecule has 33 heavy (non-hydrogen) atoms. The molecule has 3 aromatic rings. The first-order valence-electron chi connectivity index (χ1n) is 10.6. The number of benzene rings is 2. The molecule has 1 aliphatic heterocycles. The molecule has 0 saturated heterocycles. The number of nitrogens with one attached hydrogen (secondary N) is 1. The van der Waals surface area contributed by atoms with Crippen molar-refractivity contribution in [1.29, 1.82) is 0 Å². The number of aromatic nitrogens is 2. The predicted molar refractivity (Wildman–Crippen MR) is 126 cm³/mol. The SMILES string of the molecule is COc1ccc(C2C(C(=O)Nc3nnc(C(C)C)s3)c3ccccc3C(=O)N2C)cc1OC. The molecule has 1 aliphatic rings. The molecule has 0 aliphatic carbocycles. The molecule has 9 heteroatoms. The lowest BCUT2D eigenvalue weighted by molar-refractivity contribution is -0.119. The molecular weight excluding hydrogens is 440 g/mol. The van der Waals surface area contributed by atoms with Gasteiger partial charge in [0.1, 0.15) is 5.01 Å². The summed E-state index contributed by atoms with van der Waals surface area (Å²) in [6.45, 7) is 4.05. The van der Waals surface area contributed by atoms with Crippen molar-refractivity contribution in [2.45, 2.75) is 31.7 Å². The molecular formula is C24H26N4O4S. The Morgan fingerprint density at radius 2 is 1.82 bits per heavy atom. The first-order chi connectivity index (χ1) is 15.8. The molecule has 0 fully saturated rings. The van der Waals surface area contributed by atoms with Gasteiger partial charge in [0.2, 0.25) is 11.0 Å². The Balaban J connectivity index is 1.79. The molecule has 8 nitrogen and oxygen atoms in total. The molecule has 0 spiro atoms. The van der Waals surface area contributed by atoms with Gasteiger partial charge in [-0.1, -0.05) is 49.4 Å². The average Bonchev–Trinajstić information content (AvgIpc) is 3.29. The van der Waals surface area contributed by atoms with Crippen molar-refractivity contribution in [3.63, 3.8) is 0 Å². The monoisotopic (exact) mass is 466 g/mol. The summed E-state index contributed by atoms with van der Waals surface area (Å²) in [7, 11) is 4.83. The van der Waals surface area contributed by atoms with E-state index in [9.17, 15) is 9.59 Å². The van der Waals surface area contributed by atoms with Crippen LogP contribution in [0.5, 0.6) is 11.5 Å². The molecule has 0 radical (unpaired) electrons. The van der Waals surface area contributed by atoms with Crippen molar-refractivity contribution >= 4 is 28.3 Å². The third kappa shape index (κ3) is 4.16. The number of methoxy groups -OCH3 is 2. The van der Waals surface area contributed by atoms with E-state index in [0.29, 0.717) is 27.8 Å². The number of hydrogen-bond acceptors (Lipinski definition) is 7. The smallest absolute Gasteiger partial charge is 0.254 e. The Morgan fingerprint density at radius 3 is 2.48 bits per heavy atom. The van der Waals surface area contributed by atoms with Crippen LogP contribution in [0.3, 0.4) is 0 Å². The number of carbonyl (C=O) groups excluding carboxylic acids is 2. The number of carbonyl (C=O) groups is 2. The lowest BCUT2D eigenvalue weighted by atomic mass is 9.79. The van der Waals surface area contributed by atoms with Crippen LogP contribution in [-0.2, 0) is 4.79 Å². The van der Waals surface area contributed by atoms with E-state index in [1.807, 2.05) is 38.1 Å². The molecule has 2 unspecified atom stereocenters. The summed E-state index contributed by atoms with van der Waals surface area (Å²) in [5.74, 6) is 0.253. The molecule has 4 rings (SSSR count). The van der Waals surface area contributed by atoms with E-state index in [2.05, 4.69) is 15.5 Å². The quantitative estimate of drug-likeness (QED) is 0.584. The van der Waals surface area contributed by atoms with Gasteiger partial charge in [-0.2, -0.15) is 0 Å². The largest absolute Gasteiger partial charge is 0.493 e. The third-order valence-electron chi connectivity index (χ3n) is 5.78. The second-order valence-corrected chi connectivity index (χ2v) is 9.14. The van der Waals surface area contributed by atoms with E-state index >= 15 is 0 Å². The highest BCUT2D eigenvalue weighted by Gasteiger charge is 2.43. The second-order valence-electron chi connectivity index (χ2n) is 8.13. The van der Waals surface area contributed by atoms with Gasteiger partial charge >= 0.3 is 0 Å². The van der Waals surface area contributed by atoms with E-state index in [4.69, 9.17) is 9.47 Å². The summed E-state index contributed by atoms with van der Waals surface area (Å²) < 4.78 is 10.8. The van der Waals surface area contributed by atoms with Gasteiger partial charge in [-0.3, -0.25) is 14.9 Å². The van der Waals surface area contributed by atoms with Crippen molar-refractivity contribution in [2.24, 2.45) is 0 Å². The van der Waals surface area contributed by atoms with Crippen LogP contribution < -0.4 is 14.8 Å². The summed E-state index contributed by atoms with van der Waals surface area (Å²) in [6, 6.07) is 12.1. The fraction of sp³-hybridized carbons (Fsp3) is 0.333. The number of amides is 2. The van der Waals surface area contributed by atoms with Crippen LogP contribution in [0.25, 0.3) is 0 Å². The van der Waals surface area contributed by atoms with Crippen LogP contribution in [0.15, 0.2) is 42.5 Å². The van der Waals surface area contributed by atoms with Gasteiger partial charge in [-0.25, -0.2) is 0 Å². The Hall–Kier alpha value is -3.46. The highest BCUT2D eigenvalue weighted by atomic mass is 32.1. The second kappa shape index (κ2) is 9.19. The topological polar surface area (TPSA) is 93.7 Å². The molecule has 1 aromatic heterocycles. The minimum atomic E-state index is -0.659. The maximum Gasteiger partial charge on any atom is 0.254 e. The van der Waals surface area contributed by atoms with E-state index in [-0.39, 0.29) is 17.7 Å². The van der Waals surface area contributed by atoms with E-state index < -0.39 is 12.0 Å². The molecule has 2 heterocycles. The van der Waals surface area contributed by atoms with Crippen LogP contribution >= 0.6 is 11.3 Å². The number of likely N-dealkylation sites (N-methyl/N-ethyl adjacent to an activating group) is 1. The summed E-state index contributed by atoms with van der Waals surface area (Å²) >= 11 is 1.35. The van der Waals surface area contributed by atoms with Crippen molar-refractivity contribution in [3.05, 3.63) is 64.2 Å². The average molecular weight is 467 g/mol. The number of hydrogen-bond donors (Lipinski definition) is 1. The molecule has 2 aromatic carbocycles. The van der Waals surface area contributed by atoms with Gasteiger partial charge in [0.15, 0.2) is 11.5 Å². The first kappa shape index (κ1) is 22.7. The zero-order valence-electron chi connectivity index (χ0n) is 19.2. The summed E-state index contributed by atoms with van der Waals surface area (Å²) in [4.78, 5) is 28.5. The number of ether oxygens (including phenoxy) is 2. The van der Waals surface area contributed by atoms with Gasteiger partial charge in [0.05, 0.1) is 26.2 Å². The summed E-state index contributed by atoms with van der Waals surface area (Å²) in [5, 5.41) is 12.5. The summed E-state index contributed by atoms with van der Waals surface area (Å²) in [6.07, 6.45) is 0. The fourth-order valence-corrected chi connectivity index (χ4v) is 4.86. The van der Waals surface area contributed by atoms with Crippen molar-refractivity contribution in [1.82, 2.24) is 15.1 Å². The predicted octanol–water partition coefficient (Wildman–Crippen LogP) is 4.23. The van der Waals surface area contributed by atoms with Gasteiger partial charge in [-0.05, 0) is 29.3 Å². The minimum absolute atomic E-state index is 0.146. The Labute approximate surface area is 196 Å². The van der Waals surface area contributed by atoms with Crippen LogP contribution in [0, 0.1) is 0 Å². The van der Waals surface area contributed by atoms with Crippen molar-refractivity contribution in [2.75, 3.05) is 26.6 Å². The van der Waals surface area contributed by atoms with Crippen LogP contribution in [0.2, 0.25) is 0 Å². The Morgan fingerprint density at radius 1 is 1.09 bits per heavy atom. The van der Waals surface area contributed by atoms with E-state index in [1.165, 1.54) is 11.3 Å². The Bertz CT molecular complexity index is 1190. The van der Waals surface area contributed by atoms with Crippen molar-refractivity contribution < 1.29 is 19.1 Å². The third-order valence-corrected chi connectivity index (χ3v) is 6.92. The maximum absolute atomic E-state index is 13.7. The normalized spacial score (nSPS) is 17.6. The fourth-order valence-electron chi connectivity index (χ4n) is 4.11. The Kier molecular flexibility index (Phi) is 6.33. The summed E-state index contributed by atoms with van der Waals surface area (Å²) in [5.41, 5.74) is 1.95. The minimum Gasteiger partial charge on any atom is -0.493 e. The van der Waals surface area contributed by atoms with Crippen LogP contribution in [0.4, 0.5) is 5.13 Å². The van der Waals surface area contributed by atoms with Gasteiger partial charge < -0.3 is 14.4 Å². The molecule has 1 N–H and O–H groups in total.